The Morgan fingerprint density at radius 1 is 1.08 bits per heavy atom. The summed E-state index contributed by atoms with van der Waals surface area (Å²) in [5.41, 5.74) is 3.44. The van der Waals surface area contributed by atoms with Gasteiger partial charge in [-0.2, -0.15) is 0 Å². The molecule has 0 saturated carbocycles. The van der Waals surface area contributed by atoms with Crippen molar-refractivity contribution in [3.8, 4) is 0 Å². The molecule has 1 aromatic heterocycles. The Hall–Kier alpha value is -2.27. The van der Waals surface area contributed by atoms with Crippen molar-refractivity contribution in [1.29, 1.82) is 0 Å². The lowest BCUT2D eigenvalue weighted by molar-refractivity contribution is -0.130. The van der Waals surface area contributed by atoms with E-state index in [0.717, 1.165) is 28.9 Å². The predicted molar refractivity (Wildman–Crippen MR) is 103 cm³/mol. The van der Waals surface area contributed by atoms with E-state index in [4.69, 9.17) is 11.6 Å². The molecule has 1 aliphatic heterocycles. The molecule has 0 bridgehead atoms. The van der Waals surface area contributed by atoms with Gasteiger partial charge in [-0.05, 0) is 38.0 Å². The van der Waals surface area contributed by atoms with Crippen LogP contribution in [-0.2, 0) is 11.2 Å². The maximum absolute atomic E-state index is 12.8. The van der Waals surface area contributed by atoms with Crippen molar-refractivity contribution in [2.45, 2.75) is 26.7 Å². The molecule has 6 heteroatoms. The van der Waals surface area contributed by atoms with Gasteiger partial charge in [-0.1, -0.05) is 29.8 Å². The molecule has 2 aromatic rings. The highest BCUT2D eigenvalue weighted by molar-refractivity contribution is 6.31. The number of H-pyrrole nitrogens is 1. The van der Waals surface area contributed by atoms with Gasteiger partial charge in [0.25, 0.3) is 5.91 Å². The van der Waals surface area contributed by atoms with E-state index in [1.54, 1.807) is 6.07 Å². The molecular formula is C20H24ClN3O2. The van der Waals surface area contributed by atoms with E-state index in [0.29, 0.717) is 37.6 Å². The first-order chi connectivity index (χ1) is 12.5. The maximum Gasteiger partial charge on any atom is 0.255 e. The van der Waals surface area contributed by atoms with Crippen LogP contribution in [-0.4, -0.2) is 52.8 Å². The van der Waals surface area contributed by atoms with Gasteiger partial charge in [0.1, 0.15) is 0 Å². The van der Waals surface area contributed by atoms with Gasteiger partial charge in [0.2, 0.25) is 5.91 Å². The second-order valence-electron chi connectivity index (χ2n) is 6.79. The third-order valence-electron chi connectivity index (χ3n) is 4.82. The molecule has 2 amide bonds. The number of carbonyl (C=O) groups is 2. The summed E-state index contributed by atoms with van der Waals surface area (Å²) in [7, 11) is 0. The van der Waals surface area contributed by atoms with Gasteiger partial charge >= 0.3 is 0 Å². The van der Waals surface area contributed by atoms with E-state index in [2.05, 4.69) is 4.98 Å². The molecular weight excluding hydrogens is 350 g/mol. The van der Waals surface area contributed by atoms with Gasteiger partial charge in [0.05, 0.1) is 12.0 Å². The molecule has 0 atom stereocenters. The number of halogens is 1. The van der Waals surface area contributed by atoms with Gasteiger partial charge in [-0.3, -0.25) is 9.59 Å². The second-order valence-corrected chi connectivity index (χ2v) is 7.19. The quantitative estimate of drug-likeness (QED) is 0.898. The zero-order valence-electron chi connectivity index (χ0n) is 15.2. The molecule has 3 rings (SSSR count). The highest BCUT2D eigenvalue weighted by Crippen LogP contribution is 2.18. The van der Waals surface area contributed by atoms with Crippen LogP contribution in [0.5, 0.6) is 0 Å². The number of aryl methyl sites for hydroxylation is 2. The number of aromatic nitrogens is 1. The molecule has 0 spiro atoms. The fourth-order valence-corrected chi connectivity index (χ4v) is 3.61. The van der Waals surface area contributed by atoms with Gasteiger partial charge in [0, 0.05) is 42.6 Å². The lowest BCUT2D eigenvalue weighted by atomic mass is 10.1. The van der Waals surface area contributed by atoms with Gasteiger partial charge in [-0.25, -0.2) is 0 Å². The number of carbonyl (C=O) groups excluding carboxylic acids is 2. The molecule has 26 heavy (non-hydrogen) atoms. The molecule has 1 fully saturated rings. The van der Waals surface area contributed by atoms with E-state index in [9.17, 15) is 9.59 Å². The SMILES string of the molecule is Cc1cc(C(=O)N2CCCN(C(=O)Cc3ccccc3Cl)CC2)c(C)[nH]1. The Kier molecular flexibility index (Phi) is 5.67. The highest BCUT2D eigenvalue weighted by atomic mass is 35.5. The van der Waals surface area contributed by atoms with E-state index in [-0.39, 0.29) is 11.8 Å². The third-order valence-corrected chi connectivity index (χ3v) is 5.18. The summed E-state index contributed by atoms with van der Waals surface area (Å²) in [4.78, 5) is 32.3. The van der Waals surface area contributed by atoms with E-state index in [1.165, 1.54) is 0 Å². The molecule has 2 heterocycles. The molecule has 0 unspecified atom stereocenters. The van der Waals surface area contributed by atoms with Crippen LogP contribution in [0.2, 0.25) is 5.02 Å². The minimum absolute atomic E-state index is 0.0345. The zero-order valence-corrected chi connectivity index (χ0v) is 16.0. The minimum atomic E-state index is 0.0345. The molecule has 0 aliphatic carbocycles. The monoisotopic (exact) mass is 373 g/mol. The second kappa shape index (κ2) is 7.96. The van der Waals surface area contributed by atoms with Crippen molar-refractivity contribution in [2.24, 2.45) is 0 Å². The highest BCUT2D eigenvalue weighted by Gasteiger charge is 2.24. The average Bonchev–Trinajstić information content (AvgIpc) is 2.82. The number of rotatable bonds is 3. The van der Waals surface area contributed by atoms with Gasteiger partial charge in [0.15, 0.2) is 0 Å². The Morgan fingerprint density at radius 2 is 1.77 bits per heavy atom. The number of hydrogen-bond donors (Lipinski definition) is 1. The topological polar surface area (TPSA) is 56.4 Å². The van der Waals surface area contributed by atoms with Crippen molar-refractivity contribution >= 4 is 23.4 Å². The number of nitrogens with one attached hydrogen (secondary N) is 1. The Bertz CT molecular complexity index is 815. The van der Waals surface area contributed by atoms with Crippen LogP contribution in [0, 0.1) is 13.8 Å². The largest absolute Gasteiger partial charge is 0.362 e. The van der Waals surface area contributed by atoms with E-state index in [1.807, 2.05) is 47.9 Å². The Labute approximate surface area is 158 Å². The molecule has 1 saturated heterocycles. The van der Waals surface area contributed by atoms with E-state index < -0.39 is 0 Å². The van der Waals surface area contributed by atoms with Crippen molar-refractivity contribution in [2.75, 3.05) is 26.2 Å². The summed E-state index contributed by atoms with van der Waals surface area (Å²) in [5.74, 6) is 0.0910. The first-order valence-electron chi connectivity index (χ1n) is 8.92. The summed E-state index contributed by atoms with van der Waals surface area (Å²) < 4.78 is 0. The molecule has 138 valence electrons. The number of benzene rings is 1. The Morgan fingerprint density at radius 3 is 2.46 bits per heavy atom. The van der Waals surface area contributed by atoms with Crippen LogP contribution < -0.4 is 0 Å². The predicted octanol–water partition coefficient (Wildman–Crippen LogP) is 3.20. The van der Waals surface area contributed by atoms with Crippen molar-refractivity contribution < 1.29 is 9.59 Å². The van der Waals surface area contributed by atoms with Crippen LogP contribution in [0.3, 0.4) is 0 Å². The normalized spacial score (nSPS) is 15.0. The number of amides is 2. The molecule has 1 aliphatic rings. The molecule has 1 N–H and O–H groups in total. The summed E-state index contributed by atoms with van der Waals surface area (Å²) in [6.07, 6.45) is 1.08. The van der Waals surface area contributed by atoms with Crippen molar-refractivity contribution in [3.63, 3.8) is 0 Å². The summed E-state index contributed by atoms with van der Waals surface area (Å²) in [5, 5.41) is 0.616. The summed E-state index contributed by atoms with van der Waals surface area (Å²) in [6, 6.07) is 9.32. The van der Waals surface area contributed by atoms with Crippen LogP contribution in [0.25, 0.3) is 0 Å². The molecule has 0 radical (unpaired) electrons. The van der Waals surface area contributed by atoms with Crippen molar-refractivity contribution in [3.05, 3.63) is 57.9 Å². The first kappa shape index (κ1) is 18.5. The minimum Gasteiger partial charge on any atom is -0.362 e. The fraction of sp³-hybridized carbons (Fsp3) is 0.400. The Balaban J connectivity index is 1.63. The van der Waals surface area contributed by atoms with Crippen LogP contribution in [0.15, 0.2) is 30.3 Å². The lowest BCUT2D eigenvalue weighted by Gasteiger charge is -2.22. The first-order valence-corrected chi connectivity index (χ1v) is 9.30. The number of aromatic amines is 1. The van der Waals surface area contributed by atoms with Crippen molar-refractivity contribution in [1.82, 2.24) is 14.8 Å². The van der Waals surface area contributed by atoms with Gasteiger partial charge in [-0.15, -0.1) is 0 Å². The van der Waals surface area contributed by atoms with Crippen LogP contribution >= 0.6 is 11.6 Å². The van der Waals surface area contributed by atoms with Crippen LogP contribution in [0.4, 0.5) is 0 Å². The fourth-order valence-electron chi connectivity index (χ4n) is 3.40. The summed E-state index contributed by atoms with van der Waals surface area (Å²) >= 11 is 6.16. The molecule has 1 aromatic carbocycles. The maximum atomic E-state index is 12.8. The van der Waals surface area contributed by atoms with Crippen LogP contribution in [0.1, 0.15) is 33.7 Å². The summed E-state index contributed by atoms with van der Waals surface area (Å²) in [6.45, 7) is 6.30. The lowest BCUT2D eigenvalue weighted by Crippen LogP contribution is -2.38. The average molecular weight is 374 g/mol. The third kappa shape index (κ3) is 4.10. The van der Waals surface area contributed by atoms with Gasteiger partial charge < -0.3 is 14.8 Å². The van der Waals surface area contributed by atoms with E-state index >= 15 is 0 Å². The standard InChI is InChI=1S/C20H24ClN3O2/c1-14-12-17(15(2)22-14)20(26)24-9-5-8-23(10-11-24)19(25)13-16-6-3-4-7-18(16)21/h3-4,6-7,12,22H,5,8-11,13H2,1-2H3. The molecule has 5 nitrogen and oxygen atoms in total. The zero-order chi connectivity index (χ0) is 18.7. The number of nitrogens with zero attached hydrogens (tertiary/aromatic N) is 2. The number of hydrogen-bond acceptors (Lipinski definition) is 2. The smallest absolute Gasteiger partial charge is 0.255 e.